The van der Waals surface area contributed by atoms with Gasteiger partial charge in [-0.2, -0.15) is 5.10 Å². The quantitative estimate of drug-likeness (QED) is 0.880. The largest absolute Gasteiger partial charge is 0.496 e. The van der Waals surface area contributed by atoms with Gasteiger partial charge in [0, 0.05) is 10.6 Å². The molecule has 0 aliphatic carbocycles. The van der Waals surface area contributed by atoms with Crippen LogP contribution in [-0.2, 0) is 0 Å². The molecule has 2 rings (SSSR count). The summed E-state index contributed by atoms with van der Waals surface area (Å²) in [4.78, 5) is 10.7. The van der Waals surface area contributed by atoms with Gasteiger partial charge in [-0.3, -0.25) is 5.10 Å². The Balaban J connectivity index is 2.48. The van der Waals surface area contributed by atoms with Crippen LogP contribution in [0.1, 0.15) is 10.5 Å². The standard InChI is InChI=1S/C11H9ClN2O3/c1-17-10-4-6(12)2-3-7(10)8-5-9(11(15)16)14-13-8/h2-5H,1H3,(H,13,14)(H,15,16). The Labute approximate surface area is 102 Å². The van der Waals surface area contributed by atoms with Gasteiger partial charge in [0.2, 0.25) is 0 Å². The van der Waals surface area contributed by atoms with Crippen LogP contribution in [0.4, 0.5) is 0 Å². The van der Waals surface area contributed by atoms with E-state index in [1.54, 1.807) is 18.2 Å². The van der Waals surface area contributed by atoms with Crippen LogP contribution in [0.5, 0.6) is 5.75 Å². The molecule has 0 aliphatic heterocycles. The molecule has 2 aromatic rings. The third kappa shape index (κ3) is 2.24. The first-order valence-electron chi connectivity index (χ1n) is 4.74. The van der Waals surface area contributed by atoms with E-state index in [2.05, 4.69) is 10.2 Å². The highest BCUT2D eigenvalue weighted by Crippen LogP contribution is 2.31. The maximum Gasteiger partial charge on any atom is 0.353 e. The number of carboxylic acids is 1. The number of aromatic nitrogens is 2. The lowest BCUT2D eigenvalue weighted by Gasteiger charge is -2.05. The van der Waals surface area contributed by atoms with Crippen molar-refractivity contribution in [3.8, 4) is 17.0 Å². The fourth-order valence-electron chi connectivity index (χ4n) is 1.45. The van der Waals surface area contributed by atoms with E-state index < -0.39 is 5.97 Å². The van der Waals surface area contributed by atoms with Crippen molar-refractivity contribution in [2.24, 2.45) is 0 Å². The van der Waals surface area contributed by atoms with Crippen LogP contribution in [0.3, 0.4) is 0 Å². The van der Waals surface area contributed by atoms with Crippen LogP contribution in [0.15, 0.2) is 24.3 Å². The van der Waals surface area contributed by atoms with Crippen molar-refractivity contribution >= 4 is 17.6 Å². The number of ether oxygens (including phenoxy) is 1. The molecule has 2 N–H and O–H groups in total. The van der Waals surface area contributed by atoms with Crippen molar-refractivity contribution in [2.75, 3.05) is 7.11 Å². The zero-order valence-electron chi connectivity index (χ0n) is 8.90. The second-order valence-corrected chi connectivity index (χ2v) is 3.75. The molecule has 0 atom stereocenters. The zero-order chi connectivity index (χ0) is 12.4. The summed E-state index contributed by atoms with van der Waals surface area (Å²) < 4.78 is 5.16. The van der Waals surface area contributed by atoms with Gasteiger partial charge in [-0.05, 0) is 24.3 Å². The van der Waals surface area contributed by atoms with Gasteiger partial charge in [-0.25, -0.2) is 4.79 Å². The smallest absolute Gasteiger partial charge is 0.353 e. The minimum Gasteiger partial charge on any atom is -0.496 e. The number of methoxy groups -OCH3 is 1. The van der Waals surface area contributed by atoms with Crippen molar-refractivity contribution in [3.05, 3.63) is 35.0 Å². The number of nitrogens with zero attached hydrogens (tertiary/aromatic N) is 1. The van der Waals surface area contributed by atoms with Gasteiger partial charge in [0.1, 0.15) is 11.4 Å². The van der Waals surface area contributed by atoms with Crippen LogP contribution in [-0.4, -0.2) is 28.4 Å². The second kappa shape index (κ2) is 4.47. The Morgan fingerprint density at radius 2 is 2.24 bits per heavy atom. The lowest BCUT2D eigenvalue weighted by molar-refractivity contribution is 0.0690. The van der Waals surface area contributed by atoms with Crippen molar-refractivity contribution in [1.29, 1.82) is 0 Å². The van der Waals surface area contributed by atoms with Crippen molar-refractivity contribution < 1.29 is 14.6 Å². The summed E-state index contributed by atoms with van der Waals surface area (Å²) in [7, 11) is 1.51. The maximum absolute atomic E-state index is 10.7. The van der Waals surface area contributed by atoms with E-state index in [1.807, 2.05) is 0 Å². The molecular weight excluding hydrogens is 244 g/mol. The van der Waals surface area contributed by atoms with E-state index in [4.69, 9.17) is 21.4 Å². The lowest BCUT2D eigenvalue weighted by Crippen LogP contribution is -1.95. The molecular formula is C11H9ClN2O3. The van der Waals surface area contributed by atoms with E-state index in [1.165, 1.54) is 13.2 Å². The average molecular weight is 253 g/mol. The summed E-state index contributed by atoms with van der Waals surface area (Å²) in [6.07, 6.45) is 0. The molecule has 0 radical (unpaired) electrons. The van der Waals surface area contributed by atoms with Gasteiger partial charge in [0.25, 0.3) is 0 Å². The molecule has 5 nitrogen and oxygen atoms in total. The molecule has 88 valence electrons. The predicted molar refractivity (Wildman–Crippen MR) is 62.5 cm³/mol. The number of rotatable bonds is 3. The number of hydrogen-bond donors (Lipinski definition) is 2. The Kier molecular flexibility index (Phi) is 3.01. The molecule has 0 fully saturated rings. The highest BCUT2D eigenvalue weighted by molar-refractivity contribution is 6.30. The van der Waals surface area contributed by atoms with E-state index >= 15 is 0 Å². The summed E-state index contributed by atoms with van der Waals surface area (Å²) in [6.45, 7) is 0. The molecule has 1 aromatic carbocycles. The number of benzene rings is 1. The number of hydrogen-bond acceptors (Lipinski definition) is 3. The minimum absolute atomic E-state index is 0.0250. The van der Waals surface area contributed by atoms with Gasteiger partial charge in [0.15, 0.2) is 0 Å². The average Bonchev–Trinajstić information content (AvgIpc) is 2.78. The molecule has 1 heterocycles. The van der Waals surface area contributed by atoms with E-state index in [9.17, 15) is 4.79 Å². The number of aromatic carboxylic acids is 1. The zero-order valence-corrected chi connectivity index (χ0v) is 9.65. The molecule has 6 heteroatoms. The van der Waals surface area contributed by atoms with E-state index in [0.29, 0.717) is 22.0 Å². The monoisotopic (exact) mass is 252 g/mol. The Hall–Kier alpha value is -2.01. The number of carboxylic acid groups (broad SMARTS) is 1. The van der Waals surface area contributed by atoms with Gasteiger partial charge in [-0.15, -0.1) is 0 Å². The normalized spacial score (nSPS) is 10.2. The van der Waals surface area contributed by atoms with Crippen LogP contribution in [0.25, 0.3) is 11.3 Å². The highest BCUT2D eigenvalue weighted by Gasteiger charge is 2.13. The lowest BCUT2D eigenvalue weighted by atomic mass is 10.1. The maximum atomic E-state index is 10.7. The van der Waals surface area contributed by atoms with Gasteiger partial charge in [0.05, 0.1) is 12.8 Å². The first-order valence-corrected chi connectivity index (χ1v) is 5.12. The molecule has 0 amide bonds. The molecule has 0 spiro atoms. The Bertz CT molecular complexity index is 566. The summed E-state index contributed by atoms with van der Waals surface area (Å²) in [5.41, 5.74) is 1.20. The second-order valence-electron chi connectivity index (χ2n) is 3.32. The molecule has 0 unspecified atom stereocenters. The predicted octanol–water partition coefficient (Wildman–Crippen LogP) is 2.44. The molecule has 17 heavy (non-hydrogen) atoms. The fourth-order valence-corrected chi connectivity index (χ4v) is 1.61. The number of H-pyrrole nitrogens is 1. The topological polar surface area (TPSA) is 75.2 Å². The van der Waals surface area contributed by atoms with Gasteiger partial charge < -0.3 is 9.84 Å². The Morgan fingerprint density at radius 1 is 1.47 bits per heavy atom. The number of aromatic amines is 1. The SMILES string of the molecule is COc1cc(Cl)ccc1-c1cc(C(=O)O)[nH]n1. The molecule has 0 saturated carbocycles. The first kappa shape index (κ1) is 11.5. The third-order valence-corrected chi connectivity index (χ3v) is 2.48. The fraction of sp³-hybridized carbons (Fsp3) is 0.0909. The third-order valence-electron chi connectivity index (χ3n) is 2.25. The van der Waals surface area contributed by atoms with Gasteiger partial charge in [-0.1, -0.05) is 11.6 Å². The van der Waals surface area contributed by atoms with Crippen molar-refractivity contribution in [2.45, 2.75) is 0 Å². The molecule has 0 aliphatic rings. The summed E-state index contributed by atoms with van der Waals surface area (Å²) >= 11 is 5.84. The highest BCUT2D eigenvalue weighted by atomic mass is 35.5. The van der Waals surface area contributed by atoms with E-state index in [-0.39, 0.29) is 5.69 Å². The molecule has 0 saturated heterocycles. The van der Waals surface area contributed by atoms with Crippen LogP contribution >= 0.6 is 11.6 Å². The summed E-state index contributed by atoms with van der Waals surface area (Å²) in [5, 5.41) is 15.7. The van der Waals surface area contributed by atoms with E-state index in [0.717, 1.165) is 0 Å². The van der Waals surface area contributed by atoms with Crippen LogP contribution in [0.2, 0.25) is 5.02 Å². The molecule has 1 aromatic heterocycles. The molecule has 0 bridgehead atoms. The van der Waals surface area contributed by atoms with Crippen LogP contribution < -0.4 is 4.74 Å². The summed E-state index contributed by atoms with van der Waals surface area (Å²) in [6, 6.07) is 6.50. The van der Waals surface area contributed by atoms with Crippen LogP contribution in [0, 0.1) is 0 Å². The number of carbonyl (C=O) groups is 1. The Morgan fingerprint density at radius 3 is 2.82 bits per heavy atom. The first-order chi connectivity index (χ1) is 8.11. The van der Waals surface area contributed by atoms with Crippen molar-refractivity contribution in [3.63, 3.8) is 0 Å². The summed E-state index contributed by atoms with van der Waals surface area (Å²) in [5.74, 6) is -0.516. The number of halogens is 1. The number of nitrogens with one attached hydrogen (secondary N) is 1. The van der Waals surface area contributed by atoms with Crippen molar-refractivity contribution in [1.82, 2.24) is 10.2 Å². The van der Waals surface area contributed by atoms with Gasteiger partial charge >= 0.3 is 5.97 Å². The minimum atomic E-state index is -1.06.